The molecular weight excluding hydrogens is 514 g/mol. The highest BCUT2D eigenvalue weighted by atomic mass is 32.1. The second kappa shape index (κ2) is 11.8. The molecule has 1 aromatic carbocycles. The van der Waals surface area contributed by atoms with Crippen LogP contribution in [0.5, 0.6) is 5.75 Å². The van der Waals surface area contributed by atoms with Crippen LogP contribution in [0.2, 0.25) is 0 Å². The summed E-state index contributed by atoms with van der Waals surface area (Å²) in [6, 6.07) is 7.73. The Balaban J connectivity index is 1.90. The summed E-state index contributed by atoms with van der Waals surface area (Å²) in [5.41, 5.74) is -0.422. The summed E-state index contributed by atoms with van der Waals surface area (Å²) in [7, 11) is -4.51. The molecule has 6 atom stereocenters. The van der Waals surface area contributed by atoms with Crippen molar-refractivity contribution in [3.8, 4) is 5.75 Å². The predicted molar refractivity (Wildman–Crippen MR) is 131 cm³/mol. The average molecular weight is 547 g/mol. The van der Waals surface area contributed by atoms with Gasteiger partial charge in [-0.3, -0.25) is 18.9 Å². The molecule has 1 fully saturated rings. The van der Waals surface area contributed by atoms with E-state index in [0.29, 0.717) is 5.56 Å². The first-order valence-electron chi connectivity index (χ1n) is 12.2. The quantitative estimate of drug-likeness (QED) is 0.260. The summed E-state index contributed by atoms with van der Waals surface area (Å²) < 4.78 is 68.1. The van der Waals surface area contributed by atoms with Gasteiger partial charge in [0.2, 0.25) is 0 Å². The number of carbonyl (C=O) groups excluding carboxylic acids is 1. The number of hydrogen-bond donors (Lipinski definition) is 2. The molecule has 0 bridgehead atoms. The van der Waals surface area contributed by atoms with E-state index < -0.39 is 68.6 Å². The minimum Gasteiger partial charge on any atom is -0.463 e. The molecule has 13 heteroatoms. The number of alkyl halides is 1. The number of esters is 1. The lowest BCUT2D eigenvalue weighted by Crippen LogP contribution is -2.34. The van der Waals surface area contributed by atoms with Crippen molar-refractivity contribution in [2.75, 3.05) is 12.7 Å². The van der Waals surface area contributed by atoms with Crippen molar-refractivity contribution in [2.45, 2.75) is 58.4 Å². The van der Waals surface area contributed by atoms with E-state index >= 15 is 4.39 Å². The molecule has 0 amide bonds. The lowest BCUT2D eigenvalue weighted by atomic mass is 10.1. The van der Waals surface area contributed by atoms with Crippen LogP contribution >= 0.6 is 19.8 Å². The third kappa shape index (κ3) is 6.89. The number of aromatic nitrogens is 2. The molecular formula is C23H30FN2O8PS. The summed E-state index contributed by atoms with van der Waals surface area (Å²) in [5.74, 6) is -1.68. The SMILES string of the molecule is [2H]C([2H])(O[P@@](=O)(C[C@@H](C)C(=O)OC(C)C)Oc1ccccc1)[C@@H]1O[C@H](n2cc(C)c(=S)[nH]c2=O)[C@H](F)C1O. The number of nitrogens with one attached hydrogen (secondary N) is 1. The molecule has 0 saturated carbocycles. The van der Waals surface area contributed by atoms with Crippen molar-refractivity contribution in [3.05, 3.63) is 57.2 Å². The number of aliphatic hydroxyl groups is 1. The molecule has 2 aromatic rings. The second-order valence-electron chi connectivity index (χ2n) is 8.65. The van der Waals surface area contributed by atoms with E-state index in [4.69, 9.17) is 33.5 Å². The number of halogens is 1. The number of H-pyrrole nitrogens is 1. The second-order valence-corrected chi connectivity index (χ2v) is 11.0. The van der Waals surface area contributed by atoms with Gasteiger partial charge in [-0.25, -0.2) is 13.8 Å². The number of nitrogens with zero attached hydrogens (tertiary/aromatic N) is 1. The minimum atomic E-state index is -4.51. The summed E-state index contributed by atoms with van der Waals surface area (Å²) in [5, 5.41) is 10.5. The van der Waals surface area contributed by atoms with Crippen LogP contribution < -0.4 is 10.2 Å². The Labute approximate surface area is 215 Å². The summed E-state index contributed by atoms with van der Waals surface area (Å²) in [4.78, 5) is 27.1. The highest BCUT2D eigenvalue weighted by Gasteiger charge is 2.47. The van der Waals surface area contributed by atoms with Crippen molar-refractivity contribution in [3.63, 3.8) is 0 Å². The van der Waals surface area contributed by atoms with Crippen LogP contribution in [0.1, 0.15) is 35.3 Å². The Morgan fingerprint density at radius 2 is 2.03 bits per heavy atom. The van der Waals surface area contributed by atoms with Crippen LogP contribution in [0.4, 0.5) is 4.39 Å². The first-order chi connectivity index (χ1) is 17.6. The molecule has 2 heterocycles. The third-order valence-corrected chi connectivity index (χ3v) is 7.45. The van der Waals surface area contributed by atoms with E-state index in [9.17, 15) is 19.3 Å². The molecule has 1 unspecified atom stereocenters. The predicted octanol–water partition coefficient (Wildman–Crippen LogP) is 3.69. The monoisotopic (exact) mass is 546 g/mol. The fraction of sp³-hybridized carbons (Fsp3) is 0.522. The Bertz CT molecular complexity index is 1310. The lowest BCUT2D eigenvalue weighted by Gasteiger charge is -2.24. The molecule has 0 radical (unpaired) electrons. The van der Waals surface area contributed by atoms with Crippen LogP contribution in [-0.4, -0.2) is 57.8 Å². The standard InChI is InChI=1S/C23H30FN2O8PS/c1-13(2)32-22(28)15(4)12-35(30,34-16-8-6-5-7-9-16)31-11-17-19(27)18(24)21(33-17)26-10-14(3)20(36)25-23(26)29/h5-10,13,15,17-19,21,27H,11-12H2,1-4H3,(H,25,29,36)/t15-,17+,18-,19?,21+,35+/m1/s1/i11D2. The number of aliphatic hydroxyl groups excluding tert-OH is 1. The van der Waals surface area contributed by atoms with Gasteiger partial charge in [-0.05, 0) is 32.9 Å². The lowest BCUT2D eigenvalue weighted by molar-refractivity contribution is -0.151. The van der Waals surface area contributed by atoms with E-state index in [1.807, 2.05) is 0 Å². The van der Waals surface area contributed by atoms with E-state index in [0.717, 1.165) is 4.57 Å². The highest BCUT2D eigenvalue weighted by molar-refractivity contribution is 7.71. The van der Waals surface area contributed by atoms with Gasteiger partial charge in [0.15, 0.2) is 12.4 Å². The Morgan fingerprint density at radius 3 is 2.67 bits per heavy atom. The molecule has 1 aromatic heterocycles. The molecule has 1 aliphatic rings. The zero-order valence-electron chi connectivity index (χ0n) is 22.1. The maximum atomic E-state index is 15.1. The topological polar surface area (TPSA) is 129 Å². The van der Waals surface area contributed by atoms with Gasteiger partial charge >= 0.3 is 19.3 Å². The van der Waals surface area contributed by atoms with E-state index in [1.54, 1.807) is 39.0 Å². The molecule has 1 saturated heterocycles. The number of aromatic amines is 1. The van der Waals surface area contributed by atoms with Crippen LogP contribution in [0.3, 0.4) is 0 Å². The van der Waals surface area contributed by atoms with Crippen LogP contribution in [0.15, 0.2) is 41.3 Å². The van der Waals surface area contributed by atoms with Crippen molar-refractivity contribution in [2.24, 2.45) is 5.92 Å². The maximum absolute atomic E-state index is 15.1. The van der Waals surface area contributed by atoms with Crippen LogP contribution in [0, 0.1) is 17.5 Å². The van der Waals surface area contributed by atoms with Gasteiger partial charge in [0.1, 0.15) is 22.6 Å². The van der Waals surface area contributed by atoms with E-state index in [2.05, 4.69) is 4.98 Å². The minimum absolute atomic E-state index is 0.0618. The van der Waals surface area contributed by atoms with Crippen molar-refractivity contribution in [1.29, 1.82) is 0 Å². The molecule has 1 aliphatic heterocycles. The molecule has 10 nitrogen and oxygen atoms in total. The van der Waals surface area contributed by atoms with Crippen LogP contribution in [-0.2, 0) is 23.4 Å². The largest absolute Gasteiger partial charge is 0.463 e. The van der Waals surface area contributed by atoms with E-state index in [-0.39, 0.29) is 10.4 Å². The van der Waals surface area contributed by atoms with Gasteiger partial charge in [0.25, 0.3) is 0 Å². The fourth-order valence-corrected chi connectivity index (χ4v) is 5.21. The molecule has 198 valence electrons. The van der Waals surface area contributed by atoms with Gasteiger partial charge in [-0.2, -0.15) is 0 Å². The number of hydrogen-bond acceptors (Lipinski definition) is 9. The molecule has 36 heavy (non-hydrogen) atoms. The number of benzene rings is 1. The Morgan fingerprint density at radius 1 is 1.36 bits per heavy atom. The maximum Gasteiger partial charge on any atom is 0.380 e. The smallest absolute Gasteiger partial charge is 0.380 e. The number of aryl methyl sites for hydroxylation is 1. The first kappa shape index (κ1) is 25.3. The van der Waals surface area contributed by atoms with Crippen molar-refractivity contribution >= 4 is 25.8 Å². The summed E-state index contributed by atoms with van der Waals surface area (Å²) >= 11 is 4.99. The fourth-order valence-electron chi connectivity index (χ4n) is 3.36. The van der Waals surface area contributed by atoms with Gasteiger partial charge in [-0.1, -0.05) is 37.3 Å². The number of ether oxygens (including phenoxy) is 2. The van der Waals surface area contributed by atoms with Crippen molar-refractivity contribution in [1.82, 2.24) is 9.55 Å². The zero-order chi connectivity index (χ0) is 28.4. The van der Waals surface area contributed by atoms with Crippen LogP contribution in [0.25, 0.3) is 0 Å². The third-order valence-electron chi connectivity index (χ3n) is 5.16. The van der Waals surface area contributed by atoms with Gasteiger partial charge in [0.05, 0.1) is 27.5 Å². The first-order valence-corrected chi connectivity index (χ1v) is 13.3. The summed E-state index contributed by atoms with van der Waals surface area (Å²) in [6.07, 6.45) is -7.95. The number of rotatable bonds is 10. The van der Waals surface area contributed by atoms with Gasteiger partial charge in [0, 0.05) is 11.8 Å². The molecule has 0 spiro atoms. The molecule has 2 N–H and O–H groups in total. The van der Waals surface area contributed by atoms with Gasteiger partial charge in [-0.15, -0.1) is 0 Å². The number of para-hydroxylation sites is 1. The van der Waals surface area contributed by atoms with E-state index in [1.165, 1.54) is 25.3 Å². The summed E-state index contributed by atoms with van der Waals surface area (Å²) in [6.45, 7) is 3.15. The average Bonchev–Trinajstić information content (AvgIpc) is 3.11. The normalized spacial score (nSPS) is 25.5. The Kier molecular flexibility index (Phi) is 8.28. The Hall–Kier alpha value is -2.37. The zero-order valence-corrected chi connectivity index (χ0v) is 21.8. The van der Waals surface area contributed by atoms with Crippen molar-refractivity contribution < 1.29 is 40.1 Å². The highest BCUT2D eigenvalue weighted by Crippen LogP contribution is 2.50. The molecule has 0 aliphatic carbocycles. The van der Waals surface area contributed by atoms with Gasteiger partial charge < -0.3 is 19.1 Å². The number of carbonyl (C=O) groups is 1. The molecule has 3 rings (SSSR count).